The standard InChI is InChI=1S/C25H28N4O3S2/c1-5-7-12-29-22(27-15-17-8-10-18(32-4)11-9-17)19(16(3)20(14-26)23(29)30)13-21-24(31)28(6-2)25(33)34-21/h8-11,13,27H,5-7,12,15H2,1-4H3/b21-13+. The predicted molar refractivity (Wildman–Crippen MR) is 141 cm³/mol. The van der Waals surface area contributed by atoms with Crippen molar-refractivity contribution in [2.24, 2.45) is 0 Å². The van der Waals surface area contributed by atoms with Crippen molar-refractivity contribution in [3.8, 4) is 11.8 Å². The highest BCUT2D eigenvalue weighted by Gasteiger charge is 2.31. The van der Waals surface area contributed by atoms with Gasteiger partial charge in [-0.3, -0.25) is 19.1 Å². The van der Waals surface area contributed by atoms with Gasteiger partial charge < -0.3 is 10.1 Å². The van der Waals surface area contributed by atoms with Crippen LogP contribution in [0.1, 0.15) is 48.9 Å². The van der Waals surface area contributed by atoms with Crippen molar-refractivity contribution in [2.75, 3.05) is 19.0 Å². The maximum atomic E-state index is 13.2. The van der Waals surface area contributed by atoms with E-state index in [1.54, 1.807) is 29.6 Å². The predicted octanol–water partition coefficient (Wildman–Crippen LogP) is 4.67. The molecule has 178 valence electrons. The number of nitrogens with zero attached hydrogens (tertiary/aromatic N) is 3. The molecule has 0 aliphatic carbocycles. The van der Waals surface area contributed by atoms with Crippen LogP contribution in [-0.2, 0) is 17.9 Å². The molecule has 34 heavy (non-hydrogen) atoms. The number of hydrogen-bond acceptors (Lipinski definition) is 7. The van der Waals surface area contributed by atoms with Gasteiger partial charge in [0.1, 0.15) is 27.5 Å². The van der Waals surface area contributed by atoms with Crippen molar-refractivity contribution in [3.63, 3.8) is 0 Å². The van der Waals surface area contributed by atoms with Crippen molar-refractivity contribution in [1.29, 1.82) is 5.26 Å². The van der Waals surface area contributed by atoms with Crippen LogP contribution in [0.15, 0.2) is 34.0 Å². The van der Waals surface area contributed by atoms with Crippen LogP contribution in [0.3, 0.4) is 0 Å². The van der Waals surface area contributed by atoms with E-state index in [0.29, 0.717) is 45.8 Å². The smallest absolute Gasteiger partial charge is 0.270 e. The second kappa shape index (κ2) is 11.4. The van der Waals surface area contributed by atoms with Gasteiger partial charge in [0.25, 0.3) is 11.5 Å². The second-order valence-corrected chi connectivity index (χ2v) is 9.49. The first-order chi connectivity index (χ1) is 16.4. The monoisotopic (exact) mass is 496 g/mol. The third-order valence-corrected chi connectivity index (χ3v) is 7.07. The topological polar surface area (TPSA) is 87.4 Å². The molecule has 0 spiro atoms. The van der Waals surface area contributed by atoms with Gasteiger partial charge in [-0.1, -0.05) is 49.5 Å². The number of nitrogens with one attached hydrogen (secondary N) is 1. The third kappa shape index (κ3) is 5.18. The Bertz CT molecular complexity index is 1230. The molecule has 1 N–H and O–H groups in total. The van der Waals surface area contributed by atoms with E-state index in [4.69, 9.17) is 17.0 Å². The summed E-state index contributed by atoms with van der Waals surface area (Å²) in [7, 11) is 1.62. The van der Waals surface area contributed by atoms with Gasteiger partial charge in [0.05, 0.1) is 12.0 Å². The minimum absolute atomic E-state index is 0.0864. The van der Waals surface area contributed by atoms with Crippen LogP contribution in [0.2, 0.25) is 0 Å². The number of unbranched alkanes of at least 4 members (excludes halogenated alkanes) is 1. The molecule has 2 heterocycles. The number of aromatic nitrogens is 1. The summed E-state index contributed by atoms with van der Waals surface area (Å²) < 4.78 is 7.35. The minimum Gasteiger partial charge on any atom is -0.497 e. The summed E-state index contributed by atoms with van der Waals surface area (Å²) in [6, 6.07) is 9.72. The first kappa shape index (κ1) is 25.5. The number of methoxy groups -OCH3 is 1. The number of rotatable bonds is 9. The normalized spacial score (nSPS) is 14.6. The van der Waals surface area contributed by atoms with Crippen LogP contribution in [0.25, 0.3) is 6.08 Å². The molecular weight excluding hydrogens is 468 g/mol. The molecule has 1 aliphatic rings. The Kier molecular flexibility index (Phi) is 8.53. The lowest BCUT2D eigenvalue weighted by Gasteiger charge is -2.20. The Balaban J connectivity index is 2.14. The third-order valence-electron chi connectivity index (χ3n) is 5.69. The van der Waals surface area contributed by atoms with Crippen molar-refractivity contribution in [3.05, 3.63) is 61.8 Å². The first-order valence-electron chi connectivity index (χ1n) is 11.2. The maximum Gasteiger partial charge on any atom is 0.270 e. The van der Waals surface area contributed by atoms with Crippen molar-refractivity contribution < 1.29 is 9.53 Å². The summed E-state index contributed by atoms with van der Waals surface area (Å²) in [5, 5.41) is 13.1. The highest BCUT2D eigenvalue weighted by Crippen LogP contribution is 2.35. The summed E-state index contributed by atoms with van der Waals surface area (Å²) in [6.07, 6.45) is 3.43. The minimum atomic E-state index is -0.330. The fourth-order valence-electron chi connectivity index (χ4n) is 3.72. The zero-order chi connectivity index (χ0) is 24.8. The molecule has 0 unspecified atom stereocenters. The van der Waals surface area contributed by atoms with Gasteiger partial charge in [0, 0.05) is 25.2 Å². The Morgan fingerprint density at radius 2 is 1.94 bits per heavy atom. The highest BCUT2D eigenvalue weighted by atomic mass is 32.2. The van der Waals surface area contributed by atoms with E-state index in [0.717, 1.165) is 24.2 Å². The molecule has 1 saturated heterocycles. The molecule has 7 nitrogen and oxygen atoms in total. The van der Waals surface area contributed by atoms with Crippen LogP contribution in [0.5, 0.6) is 5.75 Å². The van der Waals surface area contributed by atoms with Crippen molar-refractivity contribution in [2.45, 2.75) is 46.7 Å². The lowest BCUT2D eigenvalue weighted by molar-refractivity contribution is -0.121. The van der Waals surface area contributed by atoms with E-state index in [1.807, 2.05) is 38.1 Å². The summed E-state index contributed by atoms with van der Waals surface area (Å²) in [6.45, 7) is 7.08. The molecule has 0 radical (unpaired) electrons. The van der Waals surface area contributed by atoms with Crippen LogP contribution < -0.4 is 15.6 Å². The number of nitriles is 1. The Morgan fingerprint density at radius 3 is 2.50 bits per heavy atom. The van der Waals surface area contributed by atoms with Gasteiger partial charge in [-0.2, -0.15) is 5.26 Å². The number of thiocarbonyl (C=S) groups is 1. The van der Waals surface area contributed by atoms with Gasteiger partial charge in [0.15, 0.2) is 0 Å². The lowest BCUT2D eigenvalue weighted by atomic mass is 10.0. The molecule has 2 aromatic rings. The number of pyridine rings is 1. The highest BCUT2D eigenvalue weighted by molar-refractivity contribution is 8.26. The molecule has 1 fully saturated rings. The van der Waals surface area contributed by atoms with Crippen molar-refractivity contribution in [1.82, 2.24) is 9.47 Å². The summed E-state index contributed by atoms with van der Waals surface area (Å²) in [4.78, 5) is 28.1. The Labute approximate surface area is 209 Å². The summed E-state index contributed by atoms with van der Waals surface area (Å²) in [5.74, 6) is 1.19. The number of anilines is 1. The second-order valence-electron chi connectivity index (χ2n) is 7.81. The Hall–Kier alpha value is -3.09. The van der Waals surface area contributed by atoms with E-state index >= 15 is 0 Å². The van der Waals surface area contributed by atoms with Gasteiger partial charge in [-0.25, -0.2) is 0 Å². The van der Waals surface area contributed by atoms with E-state index in [-0.39, 0.29) is 17.0 Å². The molecule has 0 saturated carbocycles. The van der Waals surface area contributed by atoms with E-state index in [9.17, 15) is 14.9 Å². The van der Waals surface area contributed by atoms with Crippen LogP contribution in [0.4, 0.5) is 5.82 Å². The number of ether oxygens (including phenoxy) is 1. The van der Waals surface area contributed by atoms with Gasteiger partial charge >= 0.3 is 0 Å². The molecule has 1 aromatic carbocycles. The largest absolute Gasteiger partial charge is 0.497 e. The number of thioether (sulfide) groups is 1. The van der Waals surface area contributed by atoms with Crippen LogP contribution in [-0.4, -0.2) is 33.3 Å². The summed E-state index contributed by atoms with van der Waals surface area (Å²) in [5.41, 5.74) is 1.95. The van der Waals surface area contributed by atoms with E-state index in [1.165, 1.54) is 11.8 Å². The molecular formula is C25H28N4O3S2. The van der Waals surface area contributed by atoms with Gasteiger partial charge in [0.2, 0.25) is 0 Å². The average molecular weight is 497 g/mol. The van der Waals surface area contributed by atoms with Crippen LogP contribution in [0, 0.1) is 18.3 Å². The zero-order valence-electron chi connectivity index (χ0n) is 19.8. The molecule has 3 rings (SSSR count). The quantitative estimate of drug-likeness (QED) is 0.399. The van der Waals surface area contributed by atoms with Gasteiger partial charge in [-0.15, -0.1) is 0 Å². The lowest BCUT2D eigenvalue weighted by Crippen LogP contribution is -2.28. The number of hydrogen-bond donors (Lipinski definition) is 1. The SMILES string of the molecule is CCCCn1c(NCc2ccc(OC)cc2)c(/C=C2/SC(=S)N(CC)C2=O)c(C)c(C#N)c1=O. The molecule has 9 heteroatoms. The fourth-order valence-corrected chi connectivity index (χ4v) is 5.08. The van der Waals surface area contributed by atoms with Crippen LogP contribution >= 0.6 is 24.0 Å². The number of amides is 1. The molecule has 1 aliphatic heterocycles. The molecule has 1 amide bonds. The van der Waals surface area contributed by atoms with Gasteiger partial charge in [-0.05, 0) is 49.6 Å². The number of benzene rings is 1. The van der Waals surface area contributed by atoms with Crippen molar-refractivity contribution >= 4 is 46.1 Å². The maximum absolute atomic E-state index is 13.2. The molecule has 0 bridgehead atoms. The van der Waals surface area contributed by atoms with E-state index < -0.39 is 0 Å². The fraction of sp³-hybridized carbons (Fsp3) is 0.360. The zero-order valence-corrected chi connectivity index (χ0v) is 21.4. The number of carbonyl (C=O) groups excluding carboxylic acids is 1. The molecule has 1 aromatic heterocycles. The summed E-state index contributed by atoms with van der Waals surface area (Å²) >= 11 is 6.59. The molecule has 0 atom stereocenters. The number of likely N-dealkylation sites (N-methyl/N-ethyl adjacent to an activating group) is 1. The average Bonchev–Trinajstić information content (AvgIpc) is 3.11. The number of carbonyl (C=O) groups is 1. The first-order valence-corrected chi connectivity index (χ1v) is 12.4. The Morgan fingerprint density at radius 1 is 1.24 bits per heavy atom. The van der Waals surface area contributed by atoms with E-state index in [2.05, 4.69) is 11.4 Å².